The van der Waals surface area contributed by atoms with Crippen LogP contribution in [0.25, 0.3) is 44.2 Å². The van der Waals surface area contributed by atoms with Crippen LogP contribution >= 0.6 is 0 Å². The number of hydrogen-bond donors (Lipinski definition) is 0. The summed E-state index contributed by atoms with van der Waals surface area (Å²) in [7, 11) is 0. The van der Waals surface area contributed by atoms with Gasteiger partial charge < -0.3 is 18.6 Å². The Balaban J connectivity index is 1.57. The molecule has 0 spiro atoms. The Hall–Kier alpha value is -6.52. The van der Waals surface area contributed by atoms with Crippen molar-refractivity contribution in [2.75, 3.05) is 9.80 Å². The molecular weight excluding hydrogens is 877 g/mol. The molecule has 2 heterocycles. The predicted molar refractivity (Wildman–Crippen MR) is 309 cm³/mol. The molecule has 1 aliphatic carbocycles. The minimum absolute atomic E-state index is 0.00909. The number of fused-ring (bicyclic) bond motifs is 2. The van der Waals surface area contributed by atoms with Crippen molar-refractivity contribution in [3.63, 3.8) is 0 Å². The fourth-order valence-corrected chi connectivity index (χ4v) is 10.5. The van der Waals surface area contributed by atoms with Crippen molar-refractivity contribution in [1.82, 2.24) is 0 Å². The standard InChI is InChI=1S/C68H78N2O2/c1-43(2)45-27-35-51(36-28-45)69(53-39-31-49(32-40-53)65(5,6)7)59-57-55(47-23-19-17-20-24-47)63(67(11,12)13)72-62(57)60(58-56(48-25-21-18-22-26-48)64(68(14,15)16)71-61(58)59)70(52-37-29-46(30-38-52)44(3)4)54-41-33-50(34-42-54)66(8,9)10/h17-41,43-44,54H,42H2,1-16H3. The maximum Gasteiger partial charge on any atom is 0.161 e. The van der Waals surface area contributed by atoms with Gasteiger partial charge in [-0.15, -0.1) is 0 Å². The Bertz CT molecular complexity index is 3250. The number of anilines is 5. The van der Waals surface area contributed by atoms with Gasteiger partial charge in [0.15, 0.2) is 11.2 Å². The summed E-state index contributed by atoms with van der Waals surface area (Å²) in [5.41, 5.74) is 15.6. The summed E-state index contributed by atoms with van der Waals surface area (Å²) in [6, 6.07) is 49.5. The second-order valence-electron chi connectivity index (χ2n) is 25.0. The van der Waals surface area contributed by atoms with E-state index in [4.69, 9.17) is 8.83 Å². The summed E-state index contributed by atoms with van der Waals surface area (Å²) in [4.78, 5) is 5.05. The molecule has 0 N–H and O–H groups in total. The number of benzene rings is 6. The minimum Gasteiger partial charge on any atom is -0.458 e. The largest absolute Gasteiger partial charge is 0.458 e. The van der Waals surface area contributed by atoms with Crippen molar-refractivity contribution >= 4 is 50.4 Å². The van der Waals surface area contributed by atoms with Gasteiger partial charge >= 0.3 is 0 Å². The number of rotatable bonds is 10. The van der Waals surface area contributed by atoms with E-state index in [1.807, 2.05) is 0 Å². The topological polar surface area (TPSA) is 32.8 Å². The van der Waals surface area contributed by atoms with E-state index in [9.17, 15) is 0 Å². The van der Waals surface area contributed by atoms with Crippen LogP contribution in [0.3, 0.4) is 0 Å². The average Bonchev–Trinajstić information content (AvgIpc) is 3.95. The van der Waals surface area contributed by atoms with E-state index in [2.05, 4.69) is 272 Å². The molecular formula is C68H78N2O2. The maximum absolute atomic E-state index is 7.90. The Kier molecular flexibility index (Phi) is 13.2. The van der Waals surface area contributed by atoms with Gasteiger partial charge in [0.2, 0.25) is 0 Å². The van der Waals surface area contributed by atoms with Gasteiger partial charge in [-0.05, 0) is 98.9 Å². The highest BCUT2D eigenvalue weighted by molar-refractivity contribution is 6.26. The molecule has 0 radical (unpaired) electrons. The SMILES string of the molecule is CC(C)c1ccc(N(c2ccc(C(C)(C)C)cc2)c2c3oc(C(C)(C)C)c(-c4ccccc4)c3c(N(c3ccc(C(C)C)cc3)C3C=CC(C(C)(C)C)=CC3)c3oc(C(C)(C)C)c(-c4ccccc4)c23)cc1. The van der Waals surface area contributed by atoms with Crippen molar-refractivity contribution in [1.29, 1.82) is 0 Å². The lowest BCUT2D eigenvalue weighted by molar-refractivity contribution is 0.431. The molecule has 1 unspecified atom stereocenters. The van der Waals surface area contributed by atoms with Gasteiger partial charge in [0.1, 0.15) is 17.2 Å². The van der Waals surface area contributed by atoms with Crippen molar-refractivity contribution in [3.05, 3.63) is 185 Å². The molecule has 0 fully saturated rings. The van der Waals surface area contributed by atoms with Crippen LogP contribution in [-0.4, -0.2) is 6.04 Å². The molecule has 9 rings (SSSR count). The van der Waals surface area contributed by atoms with Crippen LogP contribution in [0.1, 0.15) is 157 Å². The zero-order valence-corrected chi connectivity index (χ0v) is 46.1. The number of hydrogen-bond acceptors (Lipinski definition) is 4. The third kappa shape index (κ3) is 9.50. The fraction of sp³-hybridized carbons (Fsp3) is 0.353. The Morgan fingerprint density at radius 1 is 0.458 bits per heavy atom. The van der Waals surface area contributed by atoms with E-state index in [0.29, 0.717) is 11.8 Å². The van der Waals surface area contributed by atoms with Crippen molar-refractivity contribution in [2.45, 2.75) is 151 Å². The molecule has 0 bridgehead atoms. The Labute approximate surface area is 431 Å². The summed E-state index contributed by atoms with van der Waals surface area (Å²) in [6.07, 6.45) is 8.07. The normalized spacial score (nSPS) is 14.8. The van der Waals surface area contributed by atoms with Gasteiger partial charge in [0.05, 0.1) is 22.5 Å². The van der Waals surface area contributed by atoms with E-state index in [-0.39, 0.29) is 16.9 Å². The molecule has 8 aromatic rings. The lowest BCUT2D eigenvalue weighted by atomic mass is 9.82. The van der Waals surface area contributed by atoms with Crippen LogP contribution in [-0.2, 0) is 16.2 Å². The summed E-state index contributed by atoms with van der Waals surface area (Å²) in [5, 5.41) is 2.05. The van der Waals surface area contributed by atoms with Gasteiger partial charge in [0, 0.05) is 39.0 Å². The maximum atomic E-state index is 7.90. The van der Waals surface area contributed by atoms with Crippen molar-refractivity contribution in [3.8, 4) is 22.3 Å². The fourth-order valence-electron chi connectivity index (χ4n) is 10.5. The molecule has 0 aliphatic heterocycles. The molecule has 4 nitrogen and oxygen atoms in total. The van der Waals surface area contributed by atoms with Crippen LogP contribution in [0, 0.1) is 5.41 Å². The van der Waals surface area contributed by atoms with E-state index in [1.54, 1.807) is 0 Å². The molecule has 0 saturated heterocycles. The third-order valence-corrected chi connectivity index (χ3v) is 14.6. The molecule has 2 aromatic heterocycles. The average molecular weight is 955 g/mol. The Morgan fingerprint density at radius 2 is 0.875 bits per heavy atom. The zero-order valence-electron chi connectivity index (χ0n) is 46.1. The summed E-state index contributed by atoms with van der Waals surface area (Å²) in [6.45, 7) is 36.6. The summed E-state index contributed by atoms with van der Waals surface area (Å²) in [5.74, 6) is 2.62. The molecule has 4 heteroatoms. The number of furan rings is 2. The highest BCUT2D eigenvalue weighted by atomic mass is 16.3. The molecule has 372 valence electrons. The van der Waals surface area contributed by atoms with E-state index in [1.165, 1.54) is 22.3 Å². The monoisotopic (exact) mass is 955 g/mol. The van der Waals surface area contributed by atoms with Crippen molar-refractivity contribution in [2.24, 2.45) is 5.41 Å². The first-order valence-electron chi connectivity index (χ1n) is 26.4. The lowest BCUT2D eigenvalue weighted by Gasteiger charge is -2.36. The third-order valence-electron chi connectivity index (χ3n) is 14.6. The second-order valence-corrected chi connectivity index (χ2v) is 25.0. The van der Waals surface area contributed by atoms with Crippen LogP contribution in [0.4, 0.5) is 28.4 Å². The highest BCUT2D eigenvalue weighted by Gasteiger charge is 2.40. The molecule has 72 heavy (non-hydrogen) atoms. The van der Waals surface area contributed by atoms with Crippen LogP contribution in [0.5, 0.6) is 0 Å². The van der Waals surface area contributed by atoms with E-state index in [0.717, 1.165) is 90.6 Å². The zero-order chi connectivity index (χ0) is 51.7. The first-order valence-corrected chi connectivity index (χ1v) is 26.4. The van der Waals surface area contributed by atoms with Gasteiger partial charge in [-0.3, -0.25) is 0 Å². The number of nitrogens with zero attached hydrogens (tertiary/aromatic N) is 2. The molecule has 0 saturated carbocycles. The smallest absolute Gasteiger partial charge is 0.161 e. The second kappa shape index (κ2) is 18.8. The minimum atomic E-state index is -0.393. The number of allylic oxidation sites excluding steroid dienone is 2. The summed E-state index contributed by atoms with van der Waals surface area (Å²) >= 11 is 0. The van der Waals surface area contributed by atoms with Crippen LogP contribution < -0.4 is 9.80 Å². The predicted octanol–water partition coefficient (Wildman–Crippen LogP) is 20.6. The van der Waals surface area contributed by atoms with Gasteiger partial charge in [-0.2, -0.15) is 0 Å². The summed E-state index contributed by atoms with van der Waals surface area (Å²) < 4.78 is 15.8. The van der Waals surface area contributed by atoms with Gasteiger partial charge in [0.25, 0.3) is 0 Å². The van der Waals surface area contributed by atoms with Crippen LogP contribution in [0.2, 0.25) is 0 Å². The quantitative estimate of drug-likeness (QED) is 0.128. The highest BCUT2D eigenvalue weighted by Crippen LogP contribution is 2.59. The molecule has 1 atom stereocenters. The molecule has 0 amide bonds. The lowest BCUT2D eigenvalue weighted by Crippen LogP contribution is -2.31. The van der Waals surface area contributed by atoms with Crippen molar-refractivity contribution < 1.29 is 8.83 Å². The van der Waals surface area contributed by atoms with E-state index < -0.39 is 10.8 Å². The van der Waals surface area contributed by atoms with E-state index >= 15 is 0 Å². The van der Waals surface area contributed by atoms with Gasteiger partial charge in [-0.25, -0.2) is 0 Å². The van der Waals surface area contributed by atoms with Crippen LogP contribution in [0.15, 0.2) is 166 Å². The van der Waals surface area contributed by atoms with Gasteiger partial charge in [-0.1, -0.05) is 226 Å². The Morgan fingerprint density at radius 3 is 1.26 bits per heavy atom. The molecule has 1 aliphatic rings. The first-order chi connectivity index (χ1) is 33.9. The first kappa shape index (κ1) is 50.4. The molecule has 6 aromatic carbocycles.